The lowest BCUT2D eigenvalue weighted by Crippen LogP contribution is -2.38. The van der Waals surface area contributed by atoms with Crippen molar-refractivity contribution < 1.29 is 9.94 Å². The highest BCUT2D eigenvalue weighted by Gasteiger charge is 2.30. The van der Waals surface area contributed by atoms with E-state index in [1.165, 1.54) is 6.20 Å². The zero-order valence-electron chi connectivity index (χ0n) is 10.4. The minimum absolute atomic E-state index is 0.0449. The molecule has 0 radical (unpaired) electrons. The molecule has 7 heteroatoms. The zero-order chi connectivity index (χ0) is 13.1. The number of anilines is 1. The Hall–Kier alpha value is -1.89. The van der Waals surface area contributed by atoms with E-state index in [-0.39, 0.29) is 18.0 Å². The lowest BCUT2D eigenvalue weighted by atomic mass is 10.1. The van der Waals surface area contributed by atoms with Crippen LogP contribution >= 0.6 is 0 Å². The van der Waals surface area contributed by atoms with Crippen LogP contribution in [0.5, 0.6) is 0 Å². The van der Waals surface area contributed by atoms with Crippen molar-refractivity contribution in [2.24, 2.45) is 10.9 Å². The van der Waals surface area contributed by atoms with Crippen LogP contribution in [0.4, 0.5) is 5.82 Å². The Labute approximate surface area is 105 Å². The van der Waals surface area contributed by atoms with Gasteiger partial charge in [-0.1, -0.05) is 5.16 Å². The summed E-state index contributed by atoms with van der Waals surface area (Å²) in [6, 6.07) is 0.215. The average molecular weight is 251 g/mol. The molecular formula is C11H17N5O2. The van der Waals surface area contributed by atoms with Crippen LogP contribution in [0.25, 0.3) is 0 Å². The summed E-state index contributed by atoms with van der Waals surface area (Å²) in [7, 11) is 1.91. The van der Waals surface area contributed by atoms with Crippen LogP contribution in [0.2, 0.25) is 0 Å². The van der Waals surface area contributed by atoms with Gasteiger partial charge in [0.25, 0.3) is 0 Å². The lowest BCUT2D eigenvalue weighted by Gasteiger charge is -2.28. The highest BCUT2D eigenvalue weighted by Crippen LogP contribution is 2.24. The van der Waals surface area contributed by atoms with Crippen LogP contribution in [-0.4, -0.2) is 46.8 Å². The van der Waals surface area contributed by atoms with Gasteiger partial charge in [0, 0.05) is 26.0 Å². The van der Waals surface area contributed by atoms with Crippen molar-refractivity contribution in [3.05, 3.63) is 18.1 Å². The van der Waals surface area contributed by atoms with E-state index < -0.39 is 0 Å². The molecule has 1 aliphatic heterocycles. The predicted octanol–water partition coefficient (Wildman–Crippen LogP) is 0.185. The summed E-state index contributed by atoms with van der Waals surface area (Å²) in [5.41, 5.74) is 5.98. The molecule has 7 nitrogen and oxygen atoms in total. The van der Waals surface area contributed by atoms with Crippen molar-refractivity contribution in [3.63, 3.8) is 0 Å². The number of ether oxygens (including phenoxy) is 1. The molecule has 0 bridgehead atoms. The minimum atomic E-state index is -0.0449. The molecule has 2 heterocycles. The molecule has 18 heavy (non-hydrogen) atoms. The van der Waals surface area contributed by atoms with Crippen molar-refractivity contribution in [2.75, 3.05) is 18.6 Å². The number of oxime groups is 1. The number of hydrogen-bond acceptors (Lipinski definition) is 6. The number of nitrogens with two attached hydrogens (primary N) is 1. The molecular weight excluding hydrogens is 234 g/mol. The molecule has 98 valence electrons. The summed E-state index contributed by atoms with van der Waals surface area (Å²) in [5, 5.41) is 11.7. The van der Waals surface area contributed by atoms with Gasteiger partial charge >= 0.3 is 0 Å². The molecule has 1 saturated heterocycles. The van der Waals surface area contributed by atoms with Gasteiger partial charge in [-0.3, -0.25) is 0 Å². The van der Waals surface area contributed by atoms with Crippen LogP contribution in [0.3, 0.4) is 0 Å². The fourth-order valence-corrected chi connectivity index (χ4v) is 2.20. The maximum absolute atomic E-state index is 8.76. The fourth-order valence-electron chi connectivity index (χ4n) is 2.20. The van der Waals surface area contributed by atoms with Crippen LogP contribution in [0.15, 0.2) is 17.5 Å². The van der Waals surface area contributed by atoms with E-state index in [4.69, 9.17) is 15.7 Å². The predicted molar refractivity (Wildman–Crippen MR) is 66.8 cm³/mol. The van der Waals surface area contributed by atoms with E-state index in [1.54, 1.807) is 6.20 Å². The second-order valence-corrected chi connectivity index (χ2v) is 4.26. The molecule has 0 aliphatic carbocycles. The smallest absolute Gasteiger partial charge is 0.192 e. The van der Waals surface area contributed by atoms with Gasteiger partial charge in [-0.25, -0.2) is 9.97 Å². The zero-order valence-corrected chi connectivity index (χ0v) is 10.4. The van der Waals surface area contributed by atoms with Crippen molar-refractivity contribution in [3.8, 4) is 0 Å². The quantitative estimate of drug-likeness (QED) is 0.344. The van der Waals surface area contributed by atoms with E-state index >= 15 is 0 Å². The molecule has 3 N–H and O–H groups in total. The third kappa shape index (κ3) is 2.21. The van der Waals surface area contributed by atoms with E-state index in [9.17, 15) is 0 Å². The molecule has 2 rings (SSSR count). The minimum Gasteiger partial charge on any atom is -0.409 e. The van der Waals surface area contributed by atoms with Crippen LogP contribution in [0, 0.1) is 0 Å². The van der Waals surface area contributed by atoms with E-state index in [2.05, 4.69) is 15.1 Å². The molecule has 1 fully saturated rings. The van der Waals surface area contributed by atoms with E-state index in [0.29, 0.717) is 11.5 Å². The maximum Gasteiger partial charge on any atom is 0.192 e. The van der Waals surface area contributed by atoms with Gasteiger partial charge in [0.1, 0.15) is 0 Å². The standard InChI is InChI=1S/C11H17N5O2/c1-7-8(3-6-18-7)16(2)11-9(10(12)15-17)13-4-5-14-11/h4-5,7-8,17H,3,6H2,1-2H3,(H2,12,15). The molecule has 1 aromatic heterocycles. The first-order chi connectivity index (χ1) is 8.65. The second-order valence-electron chi connectivity index (χ2n) is 4.26. The van der Waals surface area contributed by atoms with Crippen molar-refractivity contribution in [2.45, 2.75) is 25.5 Å². The maximum atomic E-state index is 8.76. The second kappa shape index (κ2) is 5.18. The van der Waals surface area contributed by atoms with Gasteiger partial charge < -0.3 is 20.6 Å². The van der Waals surface area contributed by atoms with Gasteiger partial charge in [-0.15, -0.1) is 0 Å². The molecule has 2 atom stereocenters. The van der Waals surface area contributed by atoms with Crippen molar-refractivity contribution >= 4 is 11.7 Å². The highest BCUT2D eigenvalue weighted by atomic mass is 16.5. The fraction of sp³-hybridized carbons (Fsp3) is 0.545. The number of rotatable bonds is 3. The molecule has 1 aliphatic rings. The summed E-state index contributed by atoms with van der Waals surface area (Å²) in [6.07, 6.45) is 4.14. The summed E-state index contributed by atoms with van der Waals surface area (Å²) in [6.45, 7) is 2.75. The van der Waals surface area contributed by atoms with Crippen molar-refractivity contribution in [1.82, 2.24) is 9.97 Å². The Morgan fingerprint density at radius 3 is 2.89 bits per heavy atom. The van der Waals surface area contributed by atoms with E-state index in [1.807, 2.05) is 18.9 Å². The molecule has 2 unspecified atom stereocenters. The summed E-state index contributed by atoms with van der Waals surface area (Å²) >= 11 is 0. The molecule has 0 saturated carbocycles. The molecule has 1 aromatic rings. The van der Waals surface area contributed by atoms with Gasteiger partial charge in [-0.05, 0) is 13.3 Å². The van der Waals surface area contributed by atoms with Gasteiger partial charge in [-0.2, -0.15) is 0 Å². The highest BCUT2D eigenvalue weighted by molar-refractivity contribution is 5.99. The first-order valence-electron chi connectivity index (χ1n) is 5.78. The molecule has 0 aromatic carbocycles. The number of aromatic nitrogens is 2. The monoisotopic (exact) mass is 251 g/mol. The Morgan fingerprint density at radius 2 is 2.28 bits per heavy atom. The Kier molecular flexibility index (Phi) is 3.61. The van der Waals surface area contributed by atoms with Crippen LogP contribution in [0.1, 0.15) is 19.0 Å². The van der Waals surface area contributed by atoms with Crippen LogP contribution in [-0.2, 0) is 4.74 Å². The normalized spacial score (nSPS) is 24.2. The Morgan fingerprint density at radius 1 is 1.56 bits per heavy atom. The average Bonchev–Trinajstić information content (AvgIpc) is 2.83. The summed E-state index contributed by atoms with van der Waals surface area (Å²) < 4.78 is 5.53. The summed E-state index contributed by atoms with van der Waals surface area (Å²) in [5.74, 6) is 0.548. The van der Waals surface area contributed by atoms with Crippen molar-refractivity contribution in [1.29, 1.82) is 0 Å². The van der Waals surface area contributed by atoms with Gasteiger partial charge in [0.2, 0.25) is 0 Å². The number of amidine groups is 1. The number of hydrogen-bond donors (Lipinski definition) is 2. The largest absolute Gasteiger partial charge is 0.409 e. The Balaban J connectivity index is 2.32. The first kappa shape index (κ1) is 12.6. The summed E-state index contributed by atoms with van der Waals surface area (Å²) in [4.78, 5) is 10.3. The molecule has 0 amide bonds. The number of nitrogens with zero attached hydrogens (tertiary/aromatic N) is 4. The van der Waals surface area contributed by atoms with Crippen LogP contribution < -0.4 is 10.6 Å². The van der Waals surface area contributed by atoms with Gasteiger partial charge in [0.05, 0.1) is 12.1 Å². The Bertz CT molecular complexity index is 451. The van der Waals surface area contributed by atoms with E-state index in [0.717, 1.165) is 13.0 Å². The SMILES string of the molecule is CC1OCCC1N(C)c1nccnc1C(N)=NO. The molecule has 0 spiro atoms. The first-order valence-corrected chi connectivity index (χ1v) is 5.78. The van der Waals surface area contributed by atoms with Gasteiger partial charge in [0.15, 0.2) is 17.3 Å². The third-order valence-corrected chi connectivity index (χ3v) is 3.20. The number of likely N-dealkylation sites (N-methyl/N-ethyl adjacent to an activating group) is 1. The lowest BCUT2D eigenvalue weighted by molar-refractivity contribution is 0.118. The topological polar surface area (TPSA) is 96.9 Å². The third-order valence-electron chi connectivity index (χ3n) is 3.20.